The van der Waals surface area contributed by atoms with E-state index in [1.54, 1.807) is 0 Å². The molecule has 0 aliphatic heterocycles. The van der Waals surface area contributed by atoms with E-state index in [2.05, 4.69) is 12.2 Å². The van der Waals surface area contributed by atoms with Gasteiger partial charge in [0.2, 0.25) is 5.91 Å². The summed E-state index contributed by atoms with van der Waals surface area (Å²) in [5.74, 6) is 0.717. The Labute approximate surface area is 91.2 Å². The number of alkyl halides is 1. The van der Waals surface area contributed by atoms with Gasteiger partial charge in [0, 0.05) is 18.3 Å². The quantitative estimate of drug-likeness (QED) is 0.502. The van der Waals surface area contributed by atoms with Crippen molar-refractivity contribution in [3.63, 3.8) is 0 Å². The van der Waals surface area contributed by atoms with E-state index in [1.807, 2.05) is 6.92 Å². The number of hydrogen-bond acceptors (Lipinski definition) is 2. The smallest absolute Gasteiger partial charge is 0.222 e. The highest BCUT2D eigenvalue weighted by Gasteiger charge is 2.09. The molecular weight excluding hydrogens is 202 g/mol. The molecule has 1 atom stereocenters. The zero-order valence-corrected chi connectivity index (χ0v) is 9.77. The minimum atomic E-state index is 0.105. The molecule has 0 aromatic carbocycles. The van der Waals surface area contributed by atoms with Crippen molar-refractivity contribution >= 4 is 17.5 Å². The Morgan fingerprint density at radius 3 is 2.79 bits per heavy atom. The molecule has 0 aromatic heterocycles. The van der Waals surface area contributed by atoms with Crippen LogP contribution in [0.15, 0.2) is 0 Å². The van der Waals surface area contributed by atoms with Crippen LogP contribution in [0.5, 0.6) is 0 Å². The second kappa shape index (κ2) is 9.28. The fourth-order valence-electron chi connectivity index (χ4n) is 1.14. The third kappa shape index (κ3) is 7.15. The van der Waals surface area contributed by atoms with Crippen LogP contribution in [0, 0.1) is 5.92 Å². The van der Waals surface area contributed by atoms with Crippen LogP contribution < -0.4 is 5.32 Å². The molecule has 3 nitrogen and oxygen atoms in total. The molecule has 0 aliphatic carbocycles. The number of amides is 1. The number of rotatable bonds is 8. The van der Waals surface area contributed by atoms with Crippen LogP contribution >= 0.6 is 11.6 Å². The van der Waals surface area contributed by atoms with Gasteiger partial charge >= 0.3 is 0 Å². The molecular formula is C10H20ClNO2. The van der Waals surface area contributed by atoms with Crippen molar-refractivity contribution in [2.45, 2.75) is 26.7 Å². The van der Waals surface area contributed by atoms with Crippen molar-refractivity contribution < 1.29 is 9.53 Å². The van der Waals surface area contributed by atoms with Crippen LogP contribution in [0.1, 0.15) is 26.7 Å². The molecule has 0 radical (unpaired) electrons. The van der Waals surface area contributed by atoms with Gasteiger partial charge in [-0.15, -0.1) is 11.6 Å². The molecule has 0 heterocycles. The molecule has 1 unspecified atom stereocenters. The van der Waals surface area contributed by atoms with Crippen LogP contribution in [-0.4, -0.2) is 31.5 Å². The van der Waals surface area contributed by atoms with Crippen molar-refractivity contribution in [1.82, 2.24) is 5.32 Å². The minimum Gasteiger partial charge on any atom is -0.378 e. The van der Waals surface area contributed by atoms with E-state index in [-0.39, 0.29) is 11.8 Å². The lowest BCUT2D eigenvalue weighted by Gasteiger charge is -2.10. The van der Waals surface area contributed by atoms with Crippen molar-refractivity contribution in [3.05, 3.63) is 0 Å². The zero-order chi connectivity index (χ0) is 10.8. The lowest BCUT2D eigenvalue weighted by atomic mass is 10.1. The van der Waals surface area contributed by atoms with Gasteiger partial charge in [0.1, 0.15) is 0 Å². The predicted octanol–water partition coefficient (Wildman–Crippen LogP) is 1.79. The summed E-state index contributed by atoms with van der Waals surface area (Å²) in [6.07, 6.45) is 1.98. The first kappa shape index (κ1) is 13.7. The summed E-state index contributed by atoms with van der Waals surface area (Å²) in [6.45, 7) is 5.68. The van der Waals surface area contributed by atoms with Gasteiger partial charge in [0.15, 0.2) is 0 Å². The molecule has 84 valence electrons. The molecule has 0 bridgehead atoms. The monoisotopic (exact) mass is 221 g/mol. The van der Waals surface area contributed by atoms with E-state index in [9.17, 15) is 4.79 Å². The Bertz CT molecular complexity index is 153. The van der Waals surface area contributed by atoms with Gasteiger partial charge in [-0.3, -0.25) is 4.79 Å². The second-order valence-electron chi connectivity index (χ2n) is 3.28. The van der Waals surface area contributed by atoms with Gasteiger partial charge in [-0.05, 0) is 6.42 Å². The summed E-state index contributed by atoms with van der Waals surface area (Å²) in [5.41, 5.74) is 0. The van der Waals surface area contributed by atoms with Gasteiger partial charge in [-0.2, -0.15) is 0 Å². The highest BCUT2D eigenvalue weighted by Crippen LogP contribution is 2.03. The summed E-state index contributed by atoms with van der Waals surface area (Å²) in [4.78, 5) is 11.4. The average molecular weight is 222 g/mol. The maximum absolute atomic E-state index is 11.4. The third-order valence-electron chi connectivity index (χ3n) is 1.94. The fourth-order valence-corrected chi connectivity index (χ4v) is 1.25. The van der Waals surface area contributed by atoms with E-state index < -0.39 is 0 Å². The first-order valence-electron chi connectivity index (χ1n) is 5.13. The lowest BCUT2D eigenvalue weighted by Crippen LogP contribution is -2.32. The number of ether oxygens (including phenoxy) is 1. The van der Waals surface area contributed by atoms with E-state index in [1.165, 1.54) is 0 Å². The minimum absolute atomic E-state index is 0.105. The van der Waals surface area contributed by atoms with E-state index in [4.69, 9.17) is 16.3 Å². The van der Waals surface area contributed by atoms with Crippen molar-refractivity contribution in [3.8, 4) is 0 Å². The molecule has 1 amide bonds. The molecule has 0 spiro atoms. The van der Waals surface area contributed by atoms with Gasteiger partial charge < -0.3 is 10.1 Å². The van der Waals surface area contributed by atoms with Crippen LogP contribution in [0.4, 0.5) is 0 Å². The lowest BCUT2D eigenvalue weighted by molar-refractivity contribution is -0.124. The van der Waals surface area contributed by atoms with Gasteiger partial charge in [0.05, 0.1) is 13.2 Å². The Morgan fingerprint density at radius 1 is 1.50 bits per heavy atom. The first-order chi connectivity index (χ1) is 6.72. The van der Waals surface area contributed by atoms with Gasteiger partial charge in [0.25, 0.3) is 0 Å². The van der Waals surface area contributed by atoms with E-state index in [0.717, 1.165) is 12.8 Å². The molecule has 0 aromatic rings. The summed E-state index contributed by atoms with van der Waals surface area (Å²) in [7, 11) is 0. The molecule has 1 N–H and O–H groups in total. The van der Waals surface area contributed by atoms with Crippen LogP contribution in [0.25, 0.3) is 0 Å². The SMILES string of the molecule is CCCC(C)C(=O)NCCOCCCl. The maximum atomic E-state index is 11.4. The largest absolute Gasteiger partial charge is 0.378 e. The molecule has 0 rings (SSSR count). The summed E-state index contributed by atoms with van der Waals surface area (Å²) in [6, 6.07) is 0. The fraction of sp³-hybridized carbons (Fsp3) is 0.900. The first-order valence-corrected chi connectivity index (χ1v) is 5.67. The van der Waals surface area contributed by atoms with Crippen molar-refractivity contribution in [2.24, 2.45) is 5.92 Å². The Morgan fingerprint density at radius 2 is 2.21 bits per heavy atom. The predicted molar refractivity (Wildman–Crippen MR) is 58.6 cm³/mol. The topological polar surface area (TPSA) is 38.3 Å². The molecule has 14 heavy (non-hydrogen) atoms. The Hall–Kier alpha value is -0.280. The van der Waals surface area contributed by atoms with Crippen molar-refractivity contribution in [1.29, 1.82) is 0 Å². The average Bonchev–Trinajstić information content (AvgIpc) is 2.17. The van der Waals surface area contributed by atoms with Crippen LogP contribution in [0.2, 0.25) is 0 Å². The molecule has 4 heteroatoms. The van der Waals surface area contributed by atoms with E-state index in [0.29, 0.717) is 25.6 Å². The summed E-state index contributed by atoms with van der Waals surface area (Å²) in [5, 5.41) is 2.82. The van der Waals surface area contributed by atoms with Gasteiger partial charge in [-0.1, -0.05) is 20.3 Å². The summed E-state index contributed by atoms with van der Waals surface area (Å²) >= 11 is 5.42. The number of carbonyl (C=O) groups is 1. The molecule has 0 fully saturated rings. The Kier molecular flexibility index (Phi) is 9.10. The van der Waals surface area contributed by atoms with Crippen LogP contribution in [0.3, 0.4) is 0 Å². The highest BCUT2D eigenvalue weighted by molar-refractivity contribution is 6.17. The van der Waals surface area contributed by atoms with Crippen molar-refractivity contribution in [2.75, 3.05) is 25.6 Å². The number of carbonyl (C=O) groups excluding carboxylic acids is 1. The normalized spacial score (nSPS) is 12.5. The number of halogens is 1. The van der Waals surface area contributed by atoms with Gasteiger partial charge in [-0.25, -0.2) is 0 Å². The third-order valence-corrected chi connectivity index (χ3v) is 2.09. The van der Waals surface area contributed by atoms with Crippen LogP contribution in [-0.2, 0) is 9.53 Å². The zero-order valence-electron chi connectivity index (χ0n) is 9.01. The molecule has 0 saturated heterocycles. The molecule has 0 saturated carbocycles. The number of nitrogens with one attached hydrogen (secondary N) is 1. The summed E-state index contributed by atoms with van der Waals surface area (Å²) < 4.78 is 5.13. The molecule has 0 aliphatic rings. The second-order valence-corrected chi connectivity index (χ2v) is 3.66. The van der Waals surface area contributed by atoms with E-state index >= 15 is 0 Å². The maximum Gasteiger partial charge on any atom is 0.222 e. The number of hydrogen-bond donors (Lipinski definition) is 1. The standard InChI is InChI=1S/C10H20ClNO2/c1-3-4-9(2)10(13)12-6-8-14-7-5-11/h9H,3-8H2,1-2H3,(H,12,13). The highest BCUT2D eigenvalue weighted by atomic mass is 35.5. The Balaban J connectivity index is 3.34.